The summed E-state index contributed by atoms with van der Waals surface area (Å²) >= 11 is 1.83. The predicted molar refractivity (Wildman–Crippen MR) is 83.8 cm³/mol. The molecule has 2 nitrogen and oxygen atoms in total. The van der Waals surface area contributed by atoms with Crippen LogP contribution < -0.4 is 5.32 Å². The van der Waals surface area contributed by atoms with Gasteiger partial charge in [0.15, 0.2) is 0 Å². The van der Waals surface area contributed by atoms with Gasteiger partial charge in [-0.3, -0.25) is 0 Å². The van der Waals surface area contributed by atoms with Crippen LogP contribution in [0.5, 0.6) is 0 Å². The van der Waals surface area contributed by atoms with E-state index in [-0.39, 0.29) is 11.0 Å². The molecule has 0 radical (unpaired) electrons. The lowest BCUT2D eigenvalue weighted by Gasteiger charge is -2.42. The molecule has 19 heavy (non-hydrogen) atoms. The third kappa shape index (κ3) is 3.03. The van der Waals surface area contributed by atoms with Crippen LogP contribution in [0.25, 0.3) is 0 Å². The zero-order chi connectivity index (χ0) is 14.3. The first-order valence-electron chi connectivity index (χ1n) is 7.34. The second kappa shape index (κ2) is 4.85. The lowest BCUT2D eigenvalue weighted by atomic mass is 9.69. The summed E-state index contributed by atoms with van der Waals surface area (Å²) in [6, 6.07) is 0. The van der Waals surface area contributed by atoms with Gasteiger partial charge in [-0.2, -0.15) is 0 Å². The Kier molecular flexibility index (Phi) is 3.83. The van der Waals surface area contributed by atoms with Gasteiger partial charge in [-0.15, -0.1) is 11.3 Å². The Hall–Kier alpha value is -0.410. The van der Waals surface area contributed by atoms with Gasteiger partial charge in [0.25, 0.3) is 0 Å². The fraction of sp³-hybridized carbons (Fsp3) is 0.812. The van der Waals surface area contributed by atoms with E-state index in [2.05, 4.69) is 52.4 Å². The van der Waals surface area contributed by atoms with Crippen molar-refractivity contribution in [3.8, 4) is 0 Å². The maximum Gasteiger partial charge on any atom is 0.113 e. The Morgan fingerprint density at radius 2 is 1.74 bits per heavy atom. The Morgan fingerprint density at radius 1 is 1.16 bits per heavy atom. The molecule has 1 aromatic rings. The van der Waals surface area contributed by atoms with Crippen molar-refractivity contribution < 1.29 is 0 Å². The van der Waals surface area contributed by atoms with Crippen molar-refractivity contribution in [2.75, 3.05) is 7.05 Å². The van der Waals surface area contributed by atoms with Crippen molar-refractivity contribution in [1.29, 1.82) is 0 Å². The average molecular weight is 280 g/mol. The number of hydrogen-bond acceptors (Lipinski definition) is 3. The van der Waals surface area contributed by atoms with Crippen LogP contribution in [0.1, 0.15) is 71.0 Å². The minimum Gasteiger partial charge on any atom is -0.308 e. The molecule has 0 unspecified atom stereocenters. The molecular weight excluding hydrogens is 252 g/mol. The summed E-state index contributed by atoms with van der Waals surface area (Å²) in [5, 5.41) is 7.12. The van der Waals surface area contributed by atoms with Crippen LogP contribution in [-0.4, -0.2) is 12.0 Å². The van der Waals surface area contributed by atoms with Gasteiger partial charge in [-0.05, 0) is 38.1 Å². The molecule has 1 fully saturated rings. The first kappa shape index (κ1) is 15.0. The Bertz CT molecular complexity index is 430. The molecule has 1 N–H and O–H groups in total. The molecular formula is C16H28N2S. The van der Waals surface area contributed by atoms with Crippen LogP contribution in [0, 0.1) is 5.41 Å². The minimum absolute atomic E-state index is 0.115. The molecule has 1 aromatic heterocycles. The Labute approximate surface area is 122 Å². The third-order valence-corrected chi connectivity index (χ3v) is 5.66. The van der Waals surface area contributed by atoms with Gasteiger partial charge in [-0.1, -0.05) is 34.6 Å². The first-order valence-corrected chi connectivity index (χ1v) is 8.22. The Balaban J connectivity index is 2.26. The molecule has 1 aliphatic rings. The van der Waals surface area contributed by atoms with Crippen LogP contribution in [-0.2, 0) is 11.0 Å². The van der Waals surface area contributed by atoms with E-state index in [1.54, 1.807) is 0 Å². The van der Waals surface area contributed by atoms with Crippen molar-refractivity contribution in [3.05, 3.63) is 16.1 Å². The summed E-state index contributed by atoms with van der Waals surface area (Å²) in [5.74, 6) is 0. The second-order valence-electron chi connectivity index (χ2n) is 7.78. The van der Waals surface area contributed by atoms with Gasteiger partial charge in [0, 0.05) is 10.8 Å². The van der Waals surface area contributed by atoms with Gasteiger partial charge >= 0.3 is 0 Å². The monoisotopic (exact) mass is 280 g/mol. The number of hydrogen-bond donors (Lipinski definition) is 1. The molecule has 108 valence electrons. The van der Waals surface area contributed by atoms with Crippen molar-refractivity contribution >= 4 is 11.3 Å². The van der Waals surface area contributed by atoms with Crippen LogP contribution >= 0.6 is 11.3 Å². The van der Waals surface area contributed by atoms with Crippen LogP contribution in [0.3, 0.4) is 0 Å². The van der Waals surface area contributed by atoms with Crippen molar-refractivity contribution in [1.82, 2.24) is 10.3 Å². The largest absolute Gasteiger partial charge is 0.308 e. The summed E-state index contributed by atoms with van der Waals surface area (Å²) in [6.45, 7) is 11.5. The molecule has 3 heteroatoms. The summed E-state index contributed by atoms with van der Waals surface area (Å²) in [4.78, 5) is 4.95. The number of aromatic nitrogens is 1. The molecule has 1 aliphatic carbocycles. The molecule has 1 saturated carbocycles. The molecule has 0 aromatic carbocycles. The Morgan fingerprint density at radius 3 is 2.16 bits per heavy atom. The highest BCUT2D eigenvalue weighted by molar-refractivity contribution is 7.09. The molecule has 0 atom stereocenters. The van der Waals surface area contributed by atoms with E-state index in [4.69, 9.17) is 4.98 Å². The van der Waals surface area contributed by atoms with E-state index < -0.39 is 0 Å². The number of thiazole rings is 1. The molecule has 0 amide bonds. The maximum atomic E-state index is 4.95. The third-order valence-electron chi connectivity index (χ3n) is 4.62. The van der Waals surface area contributed by atoms with Crippen molar-refractivity contribution in [2.24, 2.45) is 5.41 Å². The minimum atomic E-state index is 0.115. The van der Waals surface area contributed by atoms with E-state index in [0.29, 0.717) is 5.41 Å². The summed E-state index contributed by atoms with van der Waals surface area (Å²) in [6.07, 6.45) is 4.96. The lowest BCUT2D eigenvalue weighted by molar-refractivity contribution is 0.141. The standard InChI is InChI=1S/C16H28N2S/c1-14(2,3)12-11-19-13(18-12)16(17-6)9-7-15(4,5)8-10-16/h11,17H,7-10H2,1-6H3. The average Bonchev–Trinajstić information content (AvgIpc) is 2.79. The van der Waals surface area contributed by atoms with E-state index in [9.17, 15) is 0 Å². The first-order chi connectivity index (χ1) is 8.69. The molecule has 0 aliphatic heterocycles. The SMILES string of the molecule is CNC1(c2nc(C(C)(C)C)cs2)CCC(C)(C)CC1. The topological polar surface area (TPSA) is 24.9 Å². The normalized spacial score (nSPS) is 22.4. The highest BCUT2D eigenvalue weighted by Crippen LogP contribution is 2.46. The predicted octanol–water partition coefficient (Wildman–Crippen LogP) is 4.46. The number of rotatable bonds is 2. The molecule has 1 heterocycles. The number of nitrogens with zero attached hydrogens (tertiary/aromatic N) is 1. The van der Waals surface area contributed by atoms with Crippen LogP contribution in [0.2, 0.25) is 0 Å². The van der Waals surface area contributed by atoms with Crippen LogP contribution in [0.4, 0.5) is 0 Å². The van der Waals surface area contributed by atoms with E-state index in [0.717, 1.165) is 0 Å². The van der Waals surface area contributed by atoms with E-state index >= 15 is 0 Å². The quantitative estimate of drug-likeness (QED) is 0.865. The summed E-state index contributed by atoms with van der Waals surface area (Å²) < 4.78 is 0. The van der Waals surface area contributed by atoms with Gasteiger partial charge in [0.1, 0.15) is 5.01 Å². The number of nitrogens with one attached hydrogen (secondary N) is 1. The van der Waals surface area contributed by atoms with Gasteiger partial charge in [0.2, 0.25) is 0 Å². The molecule has 0 bridgehead atoms. The fourth-order valence-corrected chi connectivity index (χ4v) is 4.07. The zero-order valence-corrected chi connectivity index (χ0v) is 14.1. The maximum absolute atomic E-state index is 4.95. The summed E-state index contributed by atoms with van der Waals surface area (Å²) in [5.41, 5.74) is 1.98. The van der Waals surface area contributed by atoms with Crippen molar-refractivity contribution in [3.63, 3.8) is 0 Å². The highest BCUT2D eigenvalue weighted by Gasteiger charge is 2.40. The zero-order valence-electron chi connectivity index (χ0n) is 13.3. The van der Waals surface area contributed by atoms with Gasteiger partial charge < -0.3 is 5.32 Å². The van der Waals surface area contributed by atoms with E-state index in [1.165, 1.54) is 36.4 Å². The van der Waals surface area contributed by atoms with Gasteiger partial charge in [-0.25, -0.2) is 4.98 Å². The second-order valence-corrected chi connectivity index (χ2v) is 8.64. The smallest absolute Gasteiger partial charge is 0.113 e. The van der Waals surface area contributed by atoms with Gasteiger partial charge in [0.05, 0.1) is 11.2 Å². The highest BCUT2D eigenvalue weighted by atomic mass is 32.1. The fourth-order valence-electron chi connectivity index (χ4n) is 2.76. The summed E-state index contributed by atoms with van der Waals surface area (Å²) in [7, 11) is 2.09. The molecule has 0 saturated heterocycles. The van der Waals surface area contributed by atoms with Crippen LogP contribution in [0.15, 0.2) is 5.38 Å². The molecule has 0 spiro atoms. The molecule has 2 rings (SSSR count). The lowest BCUT2D eigenvalue weighted by Crippen LogP contribution is -2.44. The van der Waals surface area contributed by atoms with E-state index in [1.807, 2.05) is 11.3 Å². The van der Waals surface area contributed by atoms with Crippen molar-refractivity contribution in [2.45, 2.75) is 71.3 Å².